The van der Waals surface area contributed by atoms with Crippen molar-refractivity contribution in [2.45, 2.75) is 49.8 Å². The molecule has 2 saturated heterocycles. The maximum Gasteiger partial charge on any atom is 0.472 e. The molecule has 0 amide bonds. The van der Waals surface area contributed by atoms with E-state index in [-0.39, 0.29) is 12.8 Å². The first-order valence-electron chi connectivity index (χ1n) is 7.16. The summed E-state index contributed by atoms with van der Waals surface area (Å²) in [7, 11) is -9.49. The smallest absolute Gasteiger partial charge is 0.390 e. The highest BCUT2D eigenvalue weighted by atomic mass is 31.2. The van der Waals surface area contributed by atoms with Crippen molar-refractivity contribution in [1.82, 2.24) is 0 Å². The van der Waals surface area contributed by atoms with E-state index in [2.05, 4.69) is 9.05 Å². The second-order valence-corrected chi connectivity index (χ2v) is 8.14. The molecule has 0 aromatic heterocycles. The molecule has 0 saturated carbocycles. The molecule has 2 rings (SSSR count). The van der Waals surface area contributed by atoms with Crippen LogP contribution in [-0.2, 0) is 32.2 Å². The summed E-state index contributed by atoms with van der Waals surface area (Å²) in [5.74, 6) is 0. The molecule has 25 heavy (non-hydrogen) atoms. The Morgan fingerprint density at radius 1 is 0.880 bits per heavy atom. The van der Waals surface area contributed by atoms with Crippen LogP contribution in [0, 0.1) is 0 Å². The average molecular weight is 410 g/mol. The van der Waals surface area contributed by atoms with Crippen LogP contribution in [0.2, 0.25) is 0 Å². The van der Waals surface area contributed by atoms with E-state index in [1.807, 2.05) is 0 Å². The first-order valence-corrected chi connectivity index (χ1v) is 10.2. The van der Waals surface area contributed by atoms with Crippen LogP contribution in [0.4, 0.5) is 0 Å². The third-order valence-corrected chi connectivity index (χ3v) is 4.96. The van der Waals surface area contributed by atoms with Gasteiger partial charge in [-0.2, -0.15) is 0 Å². The number of hydrogen-bond acceptors (Lipinski definition) is 10. The lowest BCUT2D eigenvalue weighted by atomic mass is 10.2. The van der Waals surface area contributed by atoms with Crippen LogP contribution in [0.25, 0.3) is 0 Å². The van der Waals surface area contributed by atoms with E-state index in [1.165, 1.54) is 0 Å². The van der Waals surface area contributed by atoms with Gasteiger partial charge >= 0.3 is 15.6 Å². The average Bonchev–Trinajstić information content (AvgIpc) is 2.95. The molecule has 6 N–H and O–H groups in total. The Labute approximate surface area is 141 Å². The molecule has 148 valence electrons. The van der Waals surface area contributed by atoms with E-state index in [4.69, 9.17) is 23.8 Å². The van der Waals surface area contributed by atoms with Gasteiger partial charge in [0, 0.05) is 12.8 Å². The molecule has 13 nitrogen and oxygen atoms in total. The molecule has 2 fully saturated rings. The van der Waals surface area contributed by atoms with Crippen LogP contribution in [0.15, 0.2) is 0 Å². The van der Waals surface area contributed by atoms with E-state index >= 15 is 0 Å². The topological polar surface area (TPSA) is 202 Å². The number of aliphatic hydroxyl groups excluding tert-OH is 3. The molecule has 2 aliphatic rings. The fraction of sp³-hybridized carbons (Fsp3) is 1.00. The van der Waals surface area contributed by atoms with E-state index in [9.17, 15) is 29.3 Å². The number of aliphatic hydroxyl groups is 3. The maximum absolute atomic E-state index is 11.9. The number of phosphoric ester groups is 2. The second kappa shape index (κ2) is 8.36. The number of rotatable bonds is 8. The zero-order valence-corrected chi connectivity index (χ0v) is 14.5. The zero-order valence-electron chi connectivity index (χ0n) is 12.7. The highest BCUT2D eigenvalue weighted by molar-refractivity contribution is 7.47. The van der Waals surface area contributed by atoms with Gasteiger partial charge in [0.05, 0.1) is 19.3 Å². The predicted molar refractivity (Wildman–Crippen MR) is 75.6 cm³/mol. The van der Waals surface area contributed by atoms with Gasteiger partial charge in [-0.15, -0.1) is 0 Å². The van der Waals surface area contributed by atoms with Gasteiger partial charge in [-0.25, -0.2) is 9.13 Å². The number of phosphoric acid groups is 2. The molecule has 0 bridgehead atoms. The van der Waals surface area contributed by atoms with Crippen molar-refractivity contribution in [3.8, 4) is 0 Å². The SMILES string of the molecule is O=P(O)(O)OCC1OC(O)CC1OP(=O)(O)OCC1OC(O)CC1O. The minimum Gasteiger partial charge on any atom is -0.390 e. The summed E-state index contributed by atoms with van der Waals surface area (Å²) in [5, 5.41) is 28.2. The number of ether oxygens (including phenoxy) is 2. The lowest BCUT2D eigenvalue weighted by Crippen LogP contribution is -2.30. The van der Waals surface area contributed by atoms with Crippen molar-refractivity contribution >= 4 is 15.6 Å². The molecule has 0 spiro atoms. The zero-order chi connectivity index (χ0) is 18.8. The largest absolute Gasteiger partial charge is 0.472 e. The van der Waals surface area contributed by atoms with Crippen molar-refractivity contribution in [1.29, 1.82) is 0 Å². The first kappa shape index (κ1) is 21.3. The molecule has 7 atom stereocenters. The summed E-state index contributed by atoms with van der Waals surface area (Å²) < 4.78 is 46.2. The van der Waals surface area contributed by atoms with E-state index in [1.54, 1.807) is 0 Å². The summed E-state index contributed by atoms with van der Waals surface area (Å²) in [6.07, 6.45) is -7.51. The normalized spacial score (nSPS) is 38.8. The van der Waals surface area contributed by atoms with Crippen molar-refractivity contribution in [2.24, 2.45) is 0 Å². The lowest BCUT2D eigenvalue weighted by molar-refractivity contribution is -0.110. The quantitative estimate of drug-likeness (QED) is 0.244. The first-order chi connectivity index (χ1) is 11.5. The standard InChI is InChI=1S/C10H20O13P2/c11-5-1-9(12)21-7(5)3-20-25(17,18)23-6-2-10(13)22-8(6)4-19-24(14,15)16/h5-13H,1-4H2,(H,17,18)(H2,14,15,16). The van der Waals surface area contributed by atoms with Crippen molar-refractivity contribution in [3.05, 3.63) is 0 Å². The van der Waals surface area contributed by atoms with E-state index in [0.29, 0.717) is 0 Å². The van der Waals surface area contributed by atoms with Gasteiger partial charge < -0.3 is 39.5 Å². The predicted octanol–water partition coefficient (Wildman–Crippen LogP) is -1.83. The molecule has 2 heterocycles. The summed E-state index contributed by atoms with van der Waals surface area (Å²) >= 11 is 0. The fourth-order valence-electron chi connectivity index (χ4n) is 2.35. The van der Waals surface area contributed by atoms with Crippen molar-refractivity contribution in [2.75, 3.05) is 13.2 Å². The molecule has 7 unspecified atom stereocenters. The minimum atomic E-state index is -4.80. The van der Waals surface area contributed by atoms with Gasteiger partial charge in [-0.05, 0) is 0 Å². The van der Waals surface area contributed by atoms with Gasteiger partial charge in [0.25, 0.3) is 0 Å². The van der Waals surface area contributed by atoms with Crippen LogP contribution in [0.3, 0.4) is 0 Å². The Balaban J connectivity index is 1.86. The molecule has 0 aromatic carbocycles. The highest BCUT2D eigenvalue weighted by Gasteiger charge is 2.42. The number of hydrogen-bond donors (Lipinski definition) is 6. The summed E-state index contributed by atoms with van der Waals surface area (Å²) in [5.41, 5.74) is 0. The Kier molecular flexibility index (Phi) is 7.13. The van der Waals surface area contributed by atoms with Crippen molar-refractivity contribution in [3.63, 3.8) is 0 Å². The highest BCUT2D eigenvalue weighted by Crippen LogP contribution is 2.48. The van der Waals surface area contributed by atoms with Crippen LogP contribution < -0.4 is 0 Å². The Morgan fingerprint density at radius 2 is 1.44 bits per heavy atom. The summed E-state index contributed by atoms with van der Waals surface area (Å²) in [6, 6.07) is 0. The van der Waals surface area contributed by atoms with Crippen LogP contribution in [0.1, 0.15) is 12.8 Å². The molecular formula is C10H20O13P2. The van der Waals surface area contributed by atoms with Gasteiger partial charge in [0.2, 0.25) is 0 Å². The Bertz CT molecular complexity index is 537. The van der Waals surface area contributed by atoms with Gasteiger partial charge in [-0.3, -0.25) is 13.6 Å². The van der Waals surface area contributed by atoms with Gasteiger partial charge in [0.1, 0.15) is 18.3 Å². The maximum atomic E-state index is 11.9. The third-order valence-electron chi connectivity index (χ3n) is 3.46. The van der Waals surface area contributed by atoms with Gasteiger partial charge in [-0.1, -0.05) is 0 Å². The molecule has 0 aliphatic carbocycles. The third kappa shape index (κ3) is 6.92. The Hall–Kier alpha value is 0.0200. The molecule has 0 aromatic rings. The molecule has 15 heteroatoms. The van der Waals surface area contributed by atoms with Crippen LogP contribution in [-0.4, -0.2) is 80.2 Å². The van der Waals surface area contributed by atoms with Gasteiger partial charge in [0.15, 0.2) is 12.6 Å². The monoisotopic (exact) mass is 410 g/mol. The van der Waals surface area contributed by atoms with E-state index < -0.39 is 65.9 Å². The Morgan fingerprint density at radius 3 is 2.00 bits per heavy atom. The summed E-state index contributed by atoms with van der Waals surface area (Å²) in [6.45, 7) is -1.24. The fourth-order valence-corrected chi connectivity index (χ4v) is 3.65. The minimum absolute atomic E-state index is 0.0743. The lowest BCUT2D eigenvalue weighted by Gasteiger charge is -2.22. The summed E-state index contributed by atoms with van der Waals surface area (Å²) in [4.78, 5) is 27.0. The van der Waals surface area contributed by atoms with E-state index in [0.717, 1.165) is 0 Å². The van der Waals surface area contributed by atoms with Crippen molar-refractivity contribution < 1.29 is 62.2 Å². The second-order valence-electron chi connectivity index (χ2n) is 5.49. The molecule has 2 aliphatic heterocycles. The van der Waals surface area contributed by atoms with Crippen LogP contribution >= 0.6 is 15.6 Å². The molecule has 0 radical (unpaired) electrons. The molecular weight excluding hydrogens is 390 g/mol. The van der Waals surface area contributed by atoms with Crippen LogP contribution in [0.5, 0.6) is 0 Å².